The van der Waals surface area contributed by atoms with Gasteiger partial charge in [-0.2, -0.15) is 0 Å². The summed E-state index contributed by atoms with van der Waals surface area (Å²) in [7, 11) is 0. The molecular formula is C15H26N4O2S. The van der Waals surface area contributed by atoms with E-state index in [1.54, 1.807) is 0 Å². The van der Waals surface area contributed by atoms with Crippen LogP contribution in [-0.4, -0.2) is 51.8 Å². The van der Waals surface area contributed by atoms with Crippen LogP contribution in [0.5, 0.6) is 0 Å². The Morgan fingerprint density at radius 1 is 1.45 bits per heavy atom. The summed E-state index contributed by atoms with van der Waals surface area (Å²) in [5.74, 6) is 0.324. The summed E-state index contributed by atoms with van der Waals surface area (Å²) < 4.78 is 0. The zero-order valence-corrected chi connectivity index (χ0v) is 14.6. The lowest BCUT2D eigenvalue weighted by Gasteiger charge is -2.38. The van der Waals surface area contributed by atoms with Gasteiger partial charge >= 0.3 is 0 Å². The molecule has 6 nitrogen and oxygen atoms in total. The zero-order valence-electron chi connectivity index (χ0n) is 13.8. The SMILES string of the molecule is CC1CCCN(CC(=O)Nc2nnc(C(C)(C)C)s2)C1CO. The molecule has 2 unspecified atom stereocenters. The lowest BCUT2D eigenvalue weighted by molar-refractivity contribution is -0.118. The summed E-state index contributed by atoms with van der Waals surface area (Å²) >= 11 is 1.42. The van der Waals surface area contributed by atoms with Crippen LogP contribution in [0.4, 0.5) is 5.13 Å². The van der Waals surface area contributed by atoms with Gasteiger partial charge in [0.05, 0.1) is 13.2 Å². The summed E-state index contributed by atoms with van der Waals surface area (Å²) in [5.41, 5.74) is -0.0646. The molecule has 0 bridgehead atoms. The number of hydrogen-bond acceptors (Lipinski definition) is 6. The van der Waals surface area contributed by atoms with Crippen molar-refractivity contribution in [3.05, 3.63) is 5.01 Å². The Morgan fingerprint density at radius 2 is 2.18 bits per heavy atom. The fourth-order valence-corrected chi connectivity index (χ4v) is 3.56. The van der Waals surface area contributed by atoms with Crippen LogP contribution in [0.15, 0.2) is 0 Å². The molecule has 0 saturated carbocycles. The summed E-state index contributed by atoms with van der Waals surface area (Å²) in [6.45, 7) is 9.58. The van der Waals surface area contributed by atoms with Gasteiger partial charge in [0, 0.05) is 11.5 Å². The summed E-state index contributed by atoms with van der Waals surface area (Å²) in [4.78, 5) is 14.3. The molecule has 124 valence electrons. The smallest absolute Gasteiger partial charge is 0.240 e. The predicted octanol–water partition coefficient (Wildman–Crippen LogP) is 1.87. The minimum Gasteiger partial charge on any atom is -0.395 e. The standard InChI is InChI=1S/C15H26N4O2S/c1-10-6-5-7-19(11(10)9-20)8-12(21)16-14-18-17-13(22-14)15(2,3)4/h10-11,20H,5-9H2,1-4H3,(H,16,18,21). The highest BCUT2D eigenvalue weighted by Gasteiger charge is 2.29. The Balaban J connectivity index is 1.93. The Bertz CT molecular complexity index is 512. The van der Waals surface area contributed by atoms with E-state index < -0.39 is 0 Å². The topological polar surface area (TPSA) is 78.4 Å². The first-order valence-corrected chi connectivity index (χ1v) is 8.61. The van der Waals surface area contributed by atoms with Crippen molar-refractivity contribution >= 4 is 22.4 Å². The van der Waals surface area contributed by atoms with Gasteiger partial charge in [-0.15, -0.1) is 10.2 Å². The number of aromatic nitrogens is 2. The lowest BCUT2D eigenvalue weighted by Crippen LogP contribution is -2.49. The van der Waals surface area contributed by atoms with Gasteiger partial charge in [0.2, 0.25) is 11.0 Å². The van der Waals surface area contributed by atoms with E-state index in [2.05, 4.69) is 48.1 Å². The van der Waals surface area contributed by atoms with E-state index in [0.29, 0.717) is 17.6 Å². The number of nitrogens with one attached hydrogen (secondary N) is 1. The van der Waals surface area contributed by atoms with Gasteiger partial charge in [-0.05, 0) is 25.3 Å². The Kier molecular flexibility index (Phi) is 5.52. The van der Waals surface area contributed by atoms with Crippen molar-refractivity contribution in [1.82, 2.24) is 15.1 Å². The number of amides is 1. The number of aliphatic hydroxyl groups excluding tert-OH is 1. The molecule has 1 saturated heterocycles. The highest BCUT2D eigenvalue weighted by Crippen LogP contribution is 2.28. The molecule has 1 amide bonds. The molecular weight excluding hydrogens is 300 g/mol. The Morgan fingerprint density at radius 3 is 2.77 bits per heavy atom. The van der Waals surface area contributed by atoms with Gasteiger partial charge < -0.3 is 5.11 Å². The first-order valence-electron chi connectivity index (χ1n) is 7.80. The third kappa shape index (κ3) is 4.24. The molecule has 22 heavy (non-hydrogen) atoms. The normalized spacial score (nSPS) is 23.5. The van der Waals surface area contributed by atoms with E-state index in [1.165, 1.54) is 11.3 Å². The Hall–Kier alpha value is -1.05. The minimum atomic E-state index is -0.0934. The fourth-order valence-electron chi connectivity index (χ4n) is 2.75. The number of rotatable bonds is 4. The largest absolute Gasteiger partial charge is 0.395 e. The molecule has 0 aliphatic carbocycles. The van der Waals surface area contributed by atoms with E-state index >= 15 is 0 Å². The van der Waals surface area contributed by atoms with Gasteiger partial charge in [-0.25, -0.2) is 0 Å². The number of piperidine rings is 1. The number of carbonyl (C=O) groups excluding carboxylic acids is 1. The van der Waals surface area contributed by atoms with E-state index in [0.717, 1.165) is 24.4 Å². The number of aliphatic hydroxyl groups is 1. The van der Waals surface area contributed by atoms with Crippen LogP contribution in [0.2, 0.25) is 0 Å². The molecule has 1 fully saturated rings. The van der Waals surface area contributed by atoms with E-state index in [1.807, 2.05) is 0 Å². The van der Waals surface area contributed by atoms with Crippen molar-refractivity contribution in [3.63, 3.8) is 0 Å². The maximum Gasteiger partial charge on any atom is 0.240 e. The van der Waals surface area contributed by atoms with Gasteiger partial charge in [-0.3, -0.25) is 15.0 Å². The third-order valence-corrected chi connectivity index (χ3v) is 5.34. The molecule has 1 aliphatic rings. The average molecular weight is 326 g/mol. The van der Waals surface area contributed by atoms with E-state index in [-0.39, 0.29) is 24.0 Å². The maximum atomic E-state index is 12.2. The second kappa shape index (κ2) is 7.02. The maximum absolute atomic E-state index is 12.2. The number of hydrogen-bond donors (Lipinski definition) is 2. The second-order valence-corrected chi connectivity index (χ2v) is 8.03. The van der Waals surface area contributed by atoms with Crippen molar-refractivity contribution in [2.45, 2.75) is 52.0 Å². The fraction of sp³-hybridized carbons (Fsp3) is 0.800. The molecule has 2 atom stereocenters. The summed E-state index contributed by atoms with van der Waals surface area (Å²) in [6.07, 6.45) is 2.17. The highest BCUT2D eigenvalue weighted by molar-refractivity contribution is 7.15. The summed E-state index contributed by atoms with van der Waals surface area (Å²) in [6, 6.07) is 0.0686. The molecule has 7 heteroatoms. The van der Waals surface area contributed by atoms with Gasteiger partial charge in [-0.1, -0.05) is 39.0 Å². The molecule has 1 aliphatic heterocycles. The predicted molar refractivity (Wildman–Crippen MR) is 88.1 cm³/mol. The zero-order chi connectivity index (χ0) is 16.3. The molecule has 2 heterocycles. The molecule has 1 aromatic heterocycles. The van der Waals surface area contributed by atoms with Gasteiger partial charge in [0.15, 0.2) is 0 Å². The molecule has 2 rings (SSSR count). The van der Waals surface area contributed by atoms with Crippen molar-refractivity contribution in [2.24, 2.45) is 5.92 Å². The van der Waals surface area contributed by atoms with E-state index in [4.69, 9.17) is 0 Å². The van der Waals surface area contributed by atoms with Crippen molar-refractivity contribution in [1.29, 1.82) is 0 Å². The van der Waals surface area contributed by atoms with Crippen molar-refractivity contribution in [2.75, 3.05) is 25.0 Å². The number of anilines is 1. The first kappa shape index (κ1) is 17.3. The van der Waals surface area contributed by atoms with Crippen molar-refractivity contribution in [3.8, 4) is 0 Å². The number of nitrogens with zero attached hydrogens (tertiary/aromatic N) is 3. The van der Waals surface area contributed by atoms with Gasteiger partial charge in [0.1, 0.15) is 5.01 Å². The Labute approximate surface area is 135 Å². The first-order chi connectivity index (χ1) is 10.3. The lowest BCUT2D eigenvalue weighted by atomic mass is 9.91. The van der Waals surface area contributed by atoms with Gasteiger partial charge in [0.25, 0.3) is 0 Å². The second-order valence-electron chi connectivity index (χ2n) is 7.05. The van der Waals surface area contributed by atoms with Crippen LogP contribution in [0.1, 0.15) is 45.5 Å². The monoisotopic (exact) mass is 326 g/mol. The van der Waals surface area contributed by atoms with Crippen LogP contribution in [-0.2, 0) is 10.2 Å². The molecule has 2 N–H and O–H groups in total. The van der Waals surface area contributed by atoms with Crippen LogP contribution in [0.3, 0.4) is 0 Å². The molecule has 0 aromatic carbocycles. The molecule has 0 spiro atoms. The average Bonchev–Trinajstić information content (AvgIpc) is 2.87. The quantitative estimate of drug-likeness (QED) is 0.883. The van der Waals surface area contributed by atoms with Crippen molar-refractivity contribution < 1.29 is 9.90 Å². The van der Waals surface area contributed by atoms with Crippen LogP contribution in [0.25, 0.3) is 0 Å². The summed E-state index contributed by atoms with van der Waals surface area (Å²) in [5, 5.41) is 22.0. The highest BCUT2D eigenvalue weighted by atomic mass is 32.1. The molecule has 1 aromatic rings. The molecule has 0 radical (unpaired) electrons. The number of carbonyl (C=O) groups is 1. The van der Waals surface area contributed by atoms with Crippen LogP contribution < -0.4 is 5.32 Å². The van der Waals surface area contributed by atoms with E-state index in [9.17, 15) is 9.90 Å². The minimum absolute atomic E-state index is 0.0646. The number of likely N-dealkylation sites (tertiary alicyclic amines) is 1. The van der Waals surface area contributed by atoms with Crippen LogP contribution >= 0.6 is 11.3 Å². The van der Waals surface area contributed by atoms with Crippen LogP contribution in [0, 0.1) is 5.92 Å². The third-order valence-electron chi connectivity index (χ3n) is 4.08.